The summed E-state index contributed by atoms with van der Waals surface area (Å²) in [4.78, 5) is 11.7. The monoisotopic (exact) mass is 275 g/mol. The van der Waals surface area contributed by atoms with E-state index in [2.05, 4.69) is 10.5 Å². The van der Waals surface area contributed by atoms with Gasteiger partial charge in [-0.25, -0.2) is 13.2 Å². The number of benzene rings is 1. The van der Waals surface area contributed by atoms with E-state index >= 15 is 0 Å². The van der Waals surface area contributed by atoms with Gasteiger partial charge in [0.2, 0.25) is 0 Å². The van der Waals surface area contributed by atoms with Crippen LogP contribution in [0.15, 0.2) is 17.3 Å². The quantitative estimate of drug-likeness (QED) is 0.255. The van der Waals surface area contributed by atoms with Crippen LogP contribution in [-0.2, 0) is 0 Å². The number of nitrogens with zero attached hydrogens (tertiary/aromatic N) is 1. The molecule has 104 valence electrons. The highest BCUT2D eigenvalue weighted by Gasteiger charge is 2.19. The summed E-state index contributed by atoms with van der Waals surface area (Å²) in [5.41, 5.74) is 4.91. The fourth-order valence-corrected chi connectivity index (χ4v) is 1.38. The van der Waals surface area contributed by atoms with Crippen molar-refractivity contribution >= 4 is 11.7 Å². The van der Waals surface area contributed by atoms with Crippen molar-refractivity contribution in [3.8, 4) is 0 Å². The van der Waals surface area contributed by atoms with Gasteiger partial charge in [0.05, 0.1) is 6.04 Å². The highest BCUT2D eigenvalue weighted by Crippen LogP contribution is 2.13. The molecule has 0 bridgehead atoms. The lowest BCUT2D eigenvalue weighted by Crippen LogP contribution is -2.44. The molecule has 0 saturated carbocycles. The first kappa shape index (κ1) is 14.8. The molecule has 4 N–H and O–H groups in total. The zero-order valence-corrected chi connectivity index (χ0v) is 9.95. The van der Waals surface area contributed by atoms with Crippen molar-refractivity contribution in [2.75, 3.05) is 0 Å². The molecule has 1 aromatic rings. The summed E-state index contributed by atoms with van der Waals surface area (Å²) < 4.78 is 38.7. The average molecular weight is 275 g/mol. The highest BCUT2D eigenvalue weighted by molar-refractivity contribution is 5.98. The topological polar surface area (TPSA) is 87.7 Å². The molecule has 1 aromatic carbocycles. The van der Waals surface area contributed by atoms with Crippen molar-refractivity contribution < 1.29 is 23.2 Å². The van der Waals surface area contributed by atoms with E-state index in [1.165, 1.54) is 0 Å². The third-order valence-corrected chi connectivity index (χ3v) is 2.43. The molecule has 0 radical (unpaired) electrons. The molecule has 1 rings (SSSR count). The number of halogens is 3. The first-order valence-corrected chi connectivity index (χ1v) is 5.33. The molecule has 1 unspecified atom stereocenters. The average Bonchev–Trinajstić information content (AvgIpc) is 2.40. The van der Waals surface area contributed by atoms with Crippen LogP contribution in [0.25, 0.3) is 0 Å². The predicted octanol–water partition coefficient (Wildman–Crippen LogP) is 1.36. The molecule has 19 heavy (non-hydrogen) atoms. The first-order valence-electron chi connectivity index (χ1n) is 5.33. The van der Waals surface area contributed by atoms with E-state index in [-0.39, 0.29) is 5.84 Å². The van der Waals surface area contributed by atoms with Crippen LogP contribution < -0.4 is 11.1 Å². The lowest BCUT2D eigenvalue weighted by Gasteiger charge is -2.15. The molecule has 5 nitrogen and oxygen atoms in total. The second-order valence-corrected chi connectivity index (χ2v) is 3.71. The number of oxime groups is 1. The number of hydrogen-bond donors (Lipinski definition) is 3. The summed E-state index contributed by atoms with van der Waals surface area (Å²) in [6.45, 7) is 1.65. The van der Waals surface area contributed by atoms with Crippen LogP contribution in [-0.4, -0.2) is 23.0 Å². The van der Waals surface area contributed by atoms with E-state index < -0.39 is 35.0 Å². The van der Waals surface area contributed by atoms with Crippen LogP contribution in [0.2, 0.25) is 0 Å². The maximum Gasteiger partial charge on any atom is 0.252 e. The number of nitrogens with two attached hydrogens (primary N) is 1. The fourth-order valence-electron chi connectivity index (χ4n) is 1.38. The number of carbonyl (C=O) groups excluding carboxylic acids is 1. The van der Waals surface area contributed by atoms with Gasteiger partial charge in [-0.15, -0.1) is 0 Å². The Morgan fingerprint density at radius 3 is 2.37 bits per heavy atom. The van der Waals surface area contributed by atoms with Crippen LogP contribution in [0, 0.1) is 17.5 Å². The minimum Gasteiger partial charge on any atom is -0.409 e. The molecule has 0 aliphatic heterocycles. The number of nitrogens with one attached hydrogen (secondary N) is 1. The molecule has 0 spiro atoms. The fraction of sp³-hybridized carbons (Fsp3) is 0.273. The molecule has 1 amide bonds. The van der Waals surface area contributed by atoms with Gasteiger partial charge >= 0.3 is 0 Å². The van der Waals surface area contributed by atoms with Crippen molar-refractivity contribution in [1.82, 2.24) is 5.32 Å². The van der Waals surface area contributed by atoms with Gasteiger partial charge in [0.1, 0.15) is 0 Å². The van der Waals surface area contributed by atoms with Gasteiger partial charge in [-0.05, 0) is 18.6 Å². The van der Waals surface area contributed by atoms with Gasteiger partial charge in [0.25, 0.3) is 5.91 Å². The SMILES string of the molecule is CCC(NC(=O)c1cc(F)c(F)c(F)c1)C(N)=NO. The molecule has 0 saturated heterocycles. The molecule has 0 aliphatic rings. The third-order valence-electron chi connectivity index (χ3n) is 2.43. The number of rotatable bonds is 4. The molecule has 0 fully saturated rings. The predicted molar refractivity (Wildman–Crippen MR) is 61.3 cm³/mol. The Hall–Kier alpha value is -2.25. The van der Waals surface area contributed by atoms with Crippen LogP contribution in [0.3, 0.4) is 0 Å². The van der Waals surface area contributed by atoms with Crippen molar-refractivity contribution in [2.24, 2.45) is 10.9 Å². The molecule has 1 atom stereocenters. The zero-order valence-electron chi connectivity index (χ0n) is 9.95. The Kier molecular flexibility index (Phi) is 4.74. The van der Waals surface area contributed by atoms with Gasteiger partial charge in [0, 0.05) is 5.56 Å². The zero-order chi connectivity index (χ0) is 14.6. The summed E-state index contributed by atoms with van der Waals surface area (Å²) >= 11 is 0. The largest absolute Gasteiger partial charge is 0.409 e. The number of amides is 1. The van der Waals surface area contributed by atoms with E-state index in [9.17, 15) is 18.0 Å². The Labute approximate surface area is 106 Å². The molecule has 0 aromatic heterocycles. The normalized spacial score (nSPS) is 13.2. The van der Waals surface area contributed by atoms with Crippen molar-refractivity contribution in [3.05, 3.63) is 35.1 Å². The van der Waals surface area contributed by atoms with Crippen molar-refractivity contribution in [3.63, 3.8) is 0 Å². The standard InChI is InChI=1S/C11H12F3N3O2/c1-2-8(10(15)17-19)16-11(18)5-3-6(12)9(14)7(13)4-5/h3-4,8,19H,2H2,1H3,(H2,15,17)(H,16,18). The van der Waals surface area contributed by atoms with E-state index in [0.717, 1.165) is 0 Å². The molecule has 0 aliphatic carbocycles. The van der Waals surface area contributed by atoms with E-state index in [1.54, 1.807) is 6.92 Å². The minimum absolute atomic E-state index is 0.251. The van der Waals surface area contributed by atoms with Gasteiger partial charge in [-0.1, -0.05) is 12.1 Å². The maximum atomic E-state index is 13.0. The number of carbonyl (C=O) groups is 1. The Morgan fingerprint density at radius 2 is 1.95 bits per heavy atom. The third kappa shape index (κ3) is 3.36. The molecule has 8 heteroatoms. The lowest BCUT2D eigenvalue weighted by molar-refractivity contribution is 0.0944. The van der Waals surface area contributed by atoms with Gasteiger partial charge in [-0.2, -0.15) is 0 Å². The van der Waals surface area contributed by atoms with Gasteiger partial charge in [-0.3, -0.25) is 4.79 Å². The van der Waals surface area contributed by atoms with Crippen LogP contribution in [0.1, 0.15) is 23.7 Å². The first-order chi connectivity index (χ1) is 8.90. The van der Waals surface area contributed by atoms with Crippen molar-refractivity contribution in [2.45, 2.75) is 19.4 Å². The number of amidine groups is 1. The second-order valence-electron chi connectivity index (χ2n) is 3.71. The van der Waals surface area contributed by atoms with Crippen LogP contribution in [0.5, 0.6) is 0 Å². The van der Waals surface area contributed by atoms with E-state index in [0.29, 0.717) is 18.6 Å². The van der Waals surface area contributed by atoms with Gasteiger partial charge in [0.15, 0.2) is 23.3 Å². The van der Waals surface area contributed by atoms with E-state index in [4.69, 9.17) is 10.9 Å². The van der Waals surface area contributed by atoms with Crippen LogP contribution >= 0.6 is 0 Å². The summed E-state index contributed by atoms with van der Waals surface area (Å²) in [5.74, 6) is -5.71. The molecular formula is C11H12F3N3O2. The highest BCUT2D eigenvalue weighted by atomic mass is 19.2. The summed E-state index contributed by atoms with van der Waals surface area (Å²) in [6, 6.07) is 0.327. The number of hydrogen-bond acceptors (Lipinski definition) is 3. The lowest BCUT2D eigenvalue weighted by atomic mass is 10.1. The Morgan fingerprint density at radius 1 is 1.42 bits per heavy atom. The summed E-state index contributed by atoms with van der Waals surface area (Å²) in [7, 11) is 0. The Bertz CT molecular complexity index is 497. The second kappa shape index (κ2) is 6.07. The van der Waals surface area contributed by atoms with Gasteiger partial charge < -0.3 is 16.3 Å². The Balaban J connectivity index is 2.95. The smallest absolute Gasteiger partial charge is 0.252 e. The molecule has 0 heterocycles. The minimum atomic E-state index is -1.65. The molecular weight excluding hydrogens is 263 g/mol. The summed E-state index contributed by atoms with van der Waals surface area (Å²) in [6.07, 6.45) is 0.299. The van der Waals surface area contributed by atoms with E-state index in [1.807, 2.05) is 0 Å². The van der Waals surface area contributed by atoms with Crippen LogP contribution in [0.4, 0.5) is 13.2 Å². The van der Waals surface area contributed by atoms with Crippen molar-refractivity contribution in [1.29, 1.82) is 0 Å². The summed E-state index contributed by atoms with van der Waals surface area (Å²) in [5, 5.41) is 13.5. The maximum absolute atomic E-state index is 13.0.